The van der Waals surface area contributed by atoms with E-state index in [9.17, 15) is 13.2 Å². The zero-order valence-electron chi connectivity index (χ0n) is 10.0. The molecule has 0 bridgehead atoms. The maximum absolute atomic E-state index is 12.5. The monoisotopic (exact) mass is 280 g/mol. The van der Waals surface area contributed by atoms with E-state index in [0.29, 0.717) is 23.0 Å². The first-order chi connectivity index (χ1) is 8.50. The number of halogens is 3. The van der Waals surface area contributed by atoms with Gasteiger partial charge in [0, 0.05) is 20.2 Å². The predicted molar refractivity (Wildman–Crippen MR) is 64.0 cm³/mol. The average Bonchev–Trinajstić information content (AvgIpc) is 2.68. The molecule has 1 aromatic heterocycles. The second-order valence-electron chi connectivity index (χ2n) is 4.28. The Morgan fingerprint density at radius 3 is 2.78 bits per heavy atom. The minimum absolute atomic E-state index is 0.206. The van der Waals surface area contributed by atoms with Crippen molar-refractivity contribution in [3.8, 4) is 0 Å². The topological polar surface area (TPSA) is 25.4 Å². The second kappa shape index (κ2) is 5.44. The molecule has 0 aliphatic carbocycles. The SMILES string of the molecule is COC1CCCN(c2ncc(C(F)(F)F)s2)CC1. The standard InChI is InChI=1S/C11H15F3N2OS/c1-17-8-3-2-5-16(6-4-8)10-15-7-9(18-10)11(12,13)14/h7-8H,2-6H2,1H3. The van der Waals surface area contributed by atoms with Gasteiger partial charge in [0.1, 0.15) is 4.88 Å². The first kappa shape index (κ1) is 13.6. The Balaban J connectivity index is 2.05. The molecule has 0 radical (unpaired) electrons. The largest absolute Gasteiger partial charge is 0.427 e. The third-order valence-electron chi connectivity index (χ3n) is 3.05. The molecule has 7 heteroatoms. The average molecular weight is 280 g/mol. The molecule has 2 rings (SSSR count). The number of thiazole rings is 1. The van der Waals surface area contributed by atoms with Crippen LogP contribution in [0, 0.1) is 0 Å². The molecule has 0 amide bonds. The van der Waals surface area contributed by atoms with Crippen LogP contribution in [0.15, 0.2) is 6.20 Å². The van der Waals surface area contributed by atoms with Crippen molar-refractivity contribution in [2.24, 2.45) is 0 Å². The van der Waals surface area contributed by atoms with E-state index >= 15 is 0 Å². The van der Waals surface area contributed by atoms with E-state index in [1.165, 1.54) is 0 Å². The van der Waals surface area contributed by atoms with Crippen LogP contribution in [0.3, 0.4) is 0 Å². The number of methoxy groups -OCH3 is 1. The van der Waals surface area contributed by atoms with Crippen LogP contribution >= 0.6 is 11.3 Å². The van der Waals surface area contributed by atoms with Crippen LogP contribution < -0.4 is 4.90 Å². The highest BCUT2D eigenvalue weighted by atomic mass is 32.1. The molecule has 2 heterocycles. The molecule has 0 aromatic carbocycles. The number of aromatic nitrogens is 1. The Morgan fingerprint density at radius 1 is 1.39 bits per heavy atom. The summed E-state index contributed by atoms with van der Waals surface area (Å²) in [5.41, 5.74) is 0. The summed E-state index contributed by atoms with van der Waals surface area (Å²) in [4.78, 5) is 5.16. The van der Waals surface area contributed by atoms with Crippen molar-refractivity contribution >= 4 is 16.5 Å². The molecule has 1 saturated heterocycles. The zero-order chi connectivity index (χ0) is 13.2. The number of ether oxygens (including phenoxy) is 1. The van der Waals surface area contributed by atoms with Crippen LogP contribution in [0.4, 0.5) is 18.3 Å². The van der Waals surface area contributed by atoms with E-state index in [1.54, 1.807) is 7.11 Å². The lowest BCUT2D eigenvalue weighted by Gasteiger charge is -2.19. The molecule has 1 aliphatic rings. The zero-order valence-corrected chi connectivity index (χ0v) is 10.9. The van der Waals surface area contributed by atoms with Crippen LogP contribution in [-0.4, -0.2) is 31.3 Å². The molecule has 0 N–H and O–H groups in total. The van der Waals surface area contributed by atoms with E-state index in [4.69, 9.17) is 4.74 Å². The summed E-state index contributed by atoms with van der Waals surface area (Å²) in [5.74, 6) is 0. The molecule has 1 aromatic rings. The lowest BCUT2D eigenvalue weighted by molar-refractivity contribution is -0.134. The molecular formula is C11H15F3N2OS. The van der Waals surface area contributed by atoms with Gasteiger partial charge in [-0.25, -0.2) is 4.98 Å². The Morgan fingerprint density at radius 2 is 2.17 bits per heavy atom. The fraction of sp³-hybridized carbons (Fsp3) is 0.727. The van der Waals surface area contributed by atoms with Crippen LogP contribution in [-0.2, 0) is 10.9 Å². The van der Waals surface area contributed by atoms with Crippen molar-refractivity contribution in [3.63, 3.8) is 0 Å². The van der Waals surface area contributed by atoms with E-state index in [0.717, 1.165) is 32.0 Å². The van der Waals surface area contributed by atoms with Gasteiger partial charge in [-0.2, -0.15) is 13.2 Å². The lowest BCUT2D eigenvalue weighted by atomic mass is 10.2. The van der Waals surface area contributed by atoms with Gasteiger partial charge in [0.2, 0.25) is 0 Å². The summed E-state index contributed by atoms with van der Waals surface area (Å²) in [6.07, 6.45) is -0.478. The van der Waals surface area contributed by atoms with Crippen LogP contribution in [0.25, 0.3) is 0 Å². The van der Waals surface area contributed by atoms with Crippen LogP contribution in [0.2, 0.25) is 0 Å². The third kappa shape index (κ3) is 3.14. The second-order valence-corrected chi connectivity index (χ2v) is 5.29. The highest BCUT2D eigenvalue weighted by Crippen LogP contribution is 2.36. The maximum Gasteiger partial charge on any atom is 0.427 e. The number of hydrogen-bond acceptors (Lipinski definition) is 4. The third-order valence-corrected chi connectivity index (χ3v) is 4.15. The van der Waals surface area contributed by atoms with E-state index < -0.39 is 11.1 Å². The highest BCUT2D eigenvalue weighted by Gasteiger charge is 2.34. The first-order valence-corrected chi connectivity index (χ1v) is 6.63. The first-order valence-electron chi connectivity index (χ1n) is 5.81. The quantitative estimate of drug-likeness (QED) is 0.832. The summed E-state index contributed by atoms with van der Waals surface area (Å²) in [6.45, 7) is 1.44. The Kier molecular flexibility index (Phi) is 4.11. The minimum atomic E-state index is -4.29. The molecule has 1 atom stereocenters. The van der Waals surface area contributed by atoms with Crippen LogP contribution in [0.5, 0.6) is 0 Å². The van der Waals surface area contributed by atoms with Gasteiger partial charge >= 0.3 is 6.18 Å². The van der Waals surface area contributed by atoms with Crippen molar-refractivity contribution in [1.82, 2.24) is 4.98 Å². The van der Waals surface area contributed by atoms with Gasteiger partial charge in [-0.05, 0) is 19.3 Å². The van der Waals surface area contributed by atoms with Crippen molar-refractivity contribution in [2.75, 3.05) is 25.1 Å². The molecule has 0 spiro atoms. The van der Waals surface area contributed by atoms with Gasteiger partial charge in [-0.1, -0.05) is 11.3 Å². The van der Waals surface area contributed by atoms with Gasteiger partial charge in [-0.15, -0.1) is 0 Å². The van der Waals surface area contributed by atoms with E-state index in [1.807, 2.05) is 4.90 Å². The summed E-state index contributed by atoms with van der Waals surface area (Å²) >= 11 is 0.713. The van der Waals surface area contributed by atoms with Crippen molar-refractivity contribution in [2.45, 2.75) is 31.5 Å². The van der Waals surface area contributed by atoms with Gasteiger partial charge in [0.25, 0.3) is 0 Å². The molecule has 102 valence electrons. The van der Waals surface area contributed by atoms with Gasteiger partial charge in [-0.3, -0.25) is 0 Å². The number of anilines is 1. The predicted octanol–water partition coefficient (Wildman–Crippen LogP) is 3.17. The van der Waals surface area contributed by atoms with Gasteiger partial charge in [0.15, 0.2) is 5.13 Å². The number of nitrogens with zero attached hydrogens (tertiary/aromatic N) is 2. The normalized spacial score (nSPS) is 22.0. The Hall–Kier alpha value is -0.820. The van der Waals surface area contributed by atoms with Crippen molar-refractivity contribution < 1.29 is 17.9 Å². The van der Waals surface area contributed by atoms with E-state index in [2.05, 4.69) is 4.98 Å². The number of alkyl halides is 3. The maximum atomic E-state index is 12.5. The van der Waals surface area contributed by atoms with Gasteiger partial charge in [0.05, 0.1) is 12.3 Å². The summed E-state index contributed by atoms with van der Waals surface area (Å²) in [7, 11) is 1.67. The molecule has 1 unspecified atom stereocenters. The number of rotatable bonds is 2. The molecule has 1 fully saturated rings. The van der Waals surface area contributed by atoms with E-state index in [-0.39, 0.29) is 6.10 Å². The lowest BCUT2D eigenvalue weighted by Crippen LogP contribution is -2.24. The summed E-state index contributed by atoms with van der Waals surface area (Å²) < 4.78 is 42.8. The molecular weight excluding hydrogens is 265 g/mol. The fourth-order valence-electron chi connectivity index (χ4n) is 2.03. The summed E-state index contributed by atoms with van der Waals surface area (Å²) in [6, 6.07) is 0. The molecule has 18 heavy (non-hydrogen) atoms. The van der Waals surface area contributed by atoms with Crippen molar-refractivity contribution in [3.05, 3.63) is 11.1 Å². The summed E-state index contributed by atoms with van der Waals surface area (Å²) in [5, 5.41) is 0.457. The smallest absolute Gasteiger partial charge is 0.381 e. The Bertz CT molecular complexity index is 394. The fourth-order valence-corrected chi connectivity index (χ4v) is 2.87. The van der Waals surface area contributed by atoms with Crippen LogP contribution in [0.1, 0.15) is 24.1 Å². The molecule has 3 nitrogen and oxygen atoms in total. The molecule has 0 saturated carbocycles. The molecule has 1 aliphatic heterocycles. The number of hydrogen-bond donors (Lipinski definition) is 0. The highest BCUT2D eigenvalue weighted by molar-refractivity contribution is 7.15. The van der Waals surface area contributed by atoms with Crippen molar-refractivity contribution in [1.29, 1.82) is 0 Å². The van der Waals surface area contributed by atoms with Gasteiger partial charge < -0.3 is 9.64 Å². The Labute approximate surface area is 108 Å². The minimum Gasteiger partial charge on any atom is -0.381 e.